The smallest absolute Gasteiger partial charge is 0.401 e. The summed E-state index contributed by atoms with van der Waals surface area (Å²) in [7, 11) is 1.53. The van der Waals surface area contributed by atoms with Gasteiger partial charge in [0.15, 0.2) is 0 Å². The predicted molar refractivity (Wildman–Crippen MR) is 63.8 cm³/mol. The Labute approximate surface area is 108 Å². The standard InChI is InChI=1S/C12H15F3N2O2/c1-19-10-4-2-3-9(5-10)6-17-11(18)7-16-8-12(13,14)15/h2-5,16H,6-8H2,1H3,(H,17,18). The second-order valence-corrected chi connectivity index (χ2v) is 3.85. The van der Waals surface area contributed by atoms with Gasteiger partial charge in [-0.15, -0.1) is 0 Å². The number of hydrogen-bond donors (Lipinski definition) is 2. The van der Waals surface area contributed by atoms with Crippen LogP contribution in [0.15, 0.2) is 24.3 Å². The molecule has 0 aliphatic heterocycles. The highest BCUT2D eigenvalue weighted by Crippen LogP contribution is 2.12. The third-order valence-corrected chi connectivity index (χ3v) is 2.23. The molecule has 106 valence electrons. The van der Waals surface area contributed by atoms with E-state index in [-0.39, 0.29) is 13.1 Å². The van der Waals surface area contributed by atoms with E-state index in [9.17, 15) is 18.0 Å². The Morgan fingerprint density at radius 1 is 1.37 bits per heavy atom. The first-order chi connectivity index (χ1) is 8.90. The van der Waals surface area contributed by atoms with Crippen molar-refractivity contribution in [3.63, 3.8) is 0 Å². The third-order valence-electron chi connectivity index (χ3n) is 2.23. The number of amides is 1. The van der Waals surface area contributed by atoms with Gasteiger partial charge in [0, 0.05) is 6.54 Å². The Kier molecular flexibility index (Phi) is 5.62. The number of nitrogens with one attached hydrogen (secondary N) is 2. The fourth-order valence-electron chi connectivity index (χ4n) is 1.36. The number of carbonyl (C=O) groups is 1. The van der Waals surface area contributed by atoms with Crippen molar-refractivity contribution in [3.05, 3.63) is 29.8 Å². The highest BCUT2D eigenvalue weighted by molar-refractivity contribution is 5.77. The van der Waals surface area contributed by atoms with Crippen LogP contribution in [-0.2, 0) is 11.3 Å². The quantitative estimate of drug-likeness (QED) is 0.827. The van der Waals surface area contributed by atoms with Crippen molar-refractivity contribution in [1.82, 2.24) is 10.6 Å². The number of halogens is 3. The molecule has 19 heavy (non-hydrogen) atoms. The van der Waals surface area contributed by atoms with E-state index in [1.807, 2.05) is 5.32 Å². The molecule has 0 atom stereocenters. The first-order valence-corrected chi connectivity index (χ1v) is 5.58. The molecule has 0 fully saturated rings. The van der Waals surface area contributed by atoms with E-state index in [1.165, 1.54) is 7.11 Å². The highest BCUT2D eigenvalue weighted by Gasteiger charge is 2.26. The zero-order valence-corrected chi connectivity index (χ0v) is 10.4. The minimum atomic E-state index is -4.31. The summed E-state index contributed by atoms with van der Waals surface area (Å²) in [6.45, 7) is -1.31. The van der Waals surface area contributed by atoms with Crippen LogP contribution in [0.2, 0.25) is 0 Å². The van der Waals surface area contributed by atoms with Gasteiger partial charge >= 0.3 is 6.18 Å². The van der Waals surface area contributed by atoms with Crippen molar-refractivity contribution >= 4 is 5.91 Å². The molecule has 1 amide bonds. The molecule has 0 spiro atoms. The van der Waals surface area contributed by atoms with E-state index < -0.39 is 18.6 Å². The van der Waals surface area contributed by atoms with Crippen LogP contribution in [0.5, 0.6) is 5.75 Å². The Bertz CT molecular complexity index is 422. The van der Waals surface area contributed by atoms with Gasteiger partial charge < -0.3 is 15.4 Å². The summed E-state index contributed by atoms with van der Waals surface area (Å²) in [6.07, 6.45) is -4.31. The molecular formula is C12H15F3N2O2. The number of rotatable bonds is 6. The number of methoxy groups -OCH3 is 1. The Balaban J connectivity index is 2.29. The van der Waals surface area contributed by atoms with Crippen LogP contribution in [-0.4, -0.2) is 32.3 Å². The largest absolute Gasteiger partial charge is 0.497 e. The lowest BCUT2D eigenvalue weighted by Gasteiger charge is -2.09. The van der Waals surface area contributed by atoms with Crippen LogP contribution >= 0.6 is 0 Å². The first kappa shape index (κ1) is 15.3. The van der Waals surface area contributed by atoms with Gasteiger partial charge in [-0.2, -0.15) is 13.2 Å². The molecule has 0 aromatic heterocycles. The number of carbonyl (C=O) groups excluding carboxylic acids is 1. The fourth-order valence-corrected chi connectivity index (χ4v) is 1.36. The Hall–Kier alpha value is -1.76. The van der Waals surface area contributed by atoms with Crippen molar-refractivity contribution in [2.24, 2.45) is 0 Å². The number of hydrogen-bond acceptors (Lipinski definition) is 3. The maximum Gasteiger partial charge on any atom is 0.401 e. The molecule has 0 unspecified atom stereocenters. The van der Waals surface area contributed by atoms with E-state index in [2.05, 4.69) is 5.32 Å². The second kappa shape index (κ2) is 6.98. The first-order valence-electron chi connectivity index (χ1n) is 5.58. The minimum absolute atomic E-state index is 0.240. The Morgan fingerprint density at radius 3 is 2.74 bits per heavy atom. The second-order valence-electron chi connectivity index (χ2n) is 3.85. The lowest BCUT2D eigenvalue weighted by Crippen LogP contribution is -2.37. The molecular weight excluding hydrogens is 261 g/mol. The zero-order valence-electron chi connectivity index (χ0n) is 10.4. The van der Waals surface area contributed by atoms with Gasteiger partial charge in [-0.25, -0.2) is 0 Å². The lowest BCUT2D eigenvalue weighted by molar-refractivity contribution is -0.128. The molecule has 0 heterocycles. The van der Waals surface area contributed by atoms with Crippen LogP contribution in [0.1, 0.15) is 5.56 Å². The maximum absolute atomic E-state index is 11.8. The van der Waals surface area contributed by atoms with Gasteiger partial charge in [-0.05, 0) is 17.7 Å². The molecule has 4 nitrogen and oxygen atoms in total. The van der Waals surface area contributed by atoms with E-state index in [4.69, 9.17) is 4.74 Å². The normalized spacial score (nSPS) is 11.2. The van der Waals surface area contributed by atoms with Crippen LogP contribution in [0.3, 0.4) is 0 Å². The molecule has 0 saturated heterocycles. The van der Waals surface area contributed by atoms with Gasteiger partial charge in [0.25, 0.3) is 0 Å². The molecule has 0 bridgehead atoms. The van der Waals surface area contributed by atoms with E-state index in [0.29, 0.717) is 5.75 Å². The zero-order chi connectivity index (χ0) is 14.3. The average molecular weight is 276 g/mol. The monoisotopic (exact) mass is 276 g/mol. The van der Waals surface area contributed by atoms with Crippen molar-refractivity contribution in [1.29, 1.82) is 0 Å². The van der Waals surface area contributed by atoms with Gasteiger partial charge in [-0.1, -0.05) is 12.1 Å². The topological polar surface area (TPSA) is 50.4 Å². The number of benzene rings is 1. The molecule has 0 saturated carbocycles. The van der Waals surface area contributed by atoms with Crippen molar-refractivity contribution < 1.29 is 22.7 Å². The summed E-state index contributed by atoms with van der Waals surface area (Å²) >= 11 is 0. The SMILES string of the molecule is COc1cccc(CNC(=O)CNCC(F)(F)F)c1. The summed E-state index contributed by atoms with van der Waals surface area (Å²) < 4.78 is 40.5. The van der Waals surface area contributed by atoms with Gasteiger partial charge in [0.05, 0.1) is 20.2 Å². The summed E-state index contributed by atoms with van der Waals surface area (Å²) in [5, 5.41) is 4.53. The summed E-state index contributed by atoms with van der Waals surface area (Å²) in [5.74, 6) is 0.161. The van der Waals surface area contributed by atoms with E-state index in [0.717, 1.165) is 5.56 Å². The molecule has 0 aliphatic rings. The third kappa shape index (κ3) is 6.66. The van der Waals surface area contributed by atoms with Gasteiger partial charge in [0.2, 0.25) is 5.91 Å². The summed E-state index contributed by atoms with van der Waals surface area (Å²) in [5.41, 5.74) is 0.809. The van der Waals surface area contributed by atoms with Crippen molar-refractivity contribution in [2.75, 3.05) is 20.2 Å². The van der Waals surface area contributed by atoms with Crippen molar-refractivity contribution in [2.45, 2.75) is 12.7 Å². The van der Waals surface area contributed by atoms with E-state index >= 15 is 0 Å². The fraction of sp³-hybridized carbons (Fsp3) is 0.417. The van der Waals surface area contributed by atoms with Crippen LogP contribution in [0.4, 0.5) is 13.2 Å². The molecule has 2 N–H and O–H groups in total. The number of alkyl halides is 3. The Morgan fingerprint density at radius 2 is 2.11 bits per heavy atom. The summed E-state index contributed by atoms with van der Waals surface area (Å²) in [4.78, 5) is 11.3. The lowest BCUT2D eigenvalue weighted by atomic mass is 10.2. The average Bonchev–Trinajstić information content (AvgIpc) is 2.35. The molecule has 1 aromatic carbocycles. The molecule has 0 radical (unpaired) electrons. The molecule has 1 rings (SSSR count). The number of ether oxygens (including phenoxy) is 1. The predicted octanol–water partition coefficient (Wildman–Crippen LogP) is 1.46. The molecule has 0 aliphatic carbocycles. The van der Waals surface area contributed by atoms with Gasteiger partial charge in [-0.3, -0.25) is 4.79 Å². The summed E-state index contributed by atoms with van der Waals surface area (Å²) in [6, 6.07) is 7.05. The van der Waals surface area contributed by atoms with Gasteiger partial charge in [0.1, 0.15) is 5.75 Å². The van der Waals surface area contributed by atoms with Crippen molar-refractivity contribution in [3.8, 4) is 5.75 Å². The molecule has 1 aromatic rings. The highest BCUT2D eigenvalue weighted by atomic mass is 19.4. The van der Waals surface area contributed by atoms with Crippen LogP contribution in [0, 0.1) is 0 Å². The van der Waals surface area contributed by atoms with Crippen LogP contribution in [0.25, 0.3) is 0 Å². The molecule has 7 heteroatoms. The van der Waals surface area contributed by atoms with E-state index in [1.54, 1.807) is 24.3 Å². The maximum atomic E-state index is 11.8. The van der Waals surface area contributed by atoms with Crippen LogP contribution < -0.4 is 15.4 Å². The minimum Gasteiger partial charge on any atom is -0.497 e.